The van der Waals surface area contributed by atoms with Gasteiger partial charge in [-0.3, -0.25) is 0 Å². The first-order chi connectivity index (χ1) is 10.3. The second-order valence-electron chi connectivity index (χ2n) is 6.39. The van der Waals surface area contributed by atoms with Gasteiger partial charge in [0.15, 0.2) is 0 Å². The molecule has 0 amide bonds. The van der Waals surface area contributed by atoms with Crippen LogP contribution in [0.15, 0.2) is 48.5 Å². The number of hydrogen-bond donors (Lipinski definition) is 1. The summed E-state index contributed by atoms with van der Waals surface area (Å²) in [7, 11) is 0. The highest BCUT2D eigenvalue weighted by atomic mass is 19.1. The van der Waals surface area contributed by atoms with Crippen LogP contribution in [0.25, 0.3) is 0 Å². The van der Waals surface area contributed by atoms with E-state index in [9.17, 15) is 4.39 Å². The minimum atomic E-state index is -0.116. The molecule has 2 aromatic rings. The lowest BCUT2D eigenvalue weighted by Gasteiger charge is -2.39. The molecule has 0 bridgehead atoms. The zero-order chi connectivity index (χ0) is 14.3. The average molecular weight is 281 g/mol. The molecule has 1 aliphatic heterocycles. The maximum absolute atomic E-state index is 13.8. The number of halogens is 1. The fourth-order valence-electron chi connectivity index (χ4n) is 4.29. The molecular formula is C19H20FN. The molecule has 2 aliphatic rings. The van der Waals surface area contributed by atoms with E-state index in [1.54, 1.807) is 12.1 Å². The minimum Gasteiger partial charge on any atom is -0.377 e. The molecule has 108 valence electrons. The van der Waals surface area contributed by atoms with Crippen LogP contribution < -0.4 is 5.32 Å². The van der Waals surface area contributed by atoms with Crippen LogP contribution in [0.2, 0.25) is 0 Å². The highest BCUT2D eigenvalue weighted by molar-refractivity contribution is 5.64. The van der Waals surface area contributed by atoms with Crippen LogP contribution in [0.1, 0.15) is 49.3 Å². The van der Waals surface area contributed by atoms with Crippen molar-refractivity contribution in [2.45, 2.75) is 43.6 Å². The lowest BCUT2D eigenvalue weighted by Crippen LogP contribution is -2.34. The molecule has 1 fully saturated rings. The summed E-state index contributed by atoms with van der Waals surface area (Å²) in [6.45, 7) is 0. The summed E-state index contributed by atoms with van der Waals surface area (Å²) in [6.07, 6.45) is 6.07. The van der Waals surface area contributed by atoms with Gasteiger partial charge in [-0.25, -0.2) is 4.39 Å². The van der Waals surface area contributed by atoms with E-state index >= 15 is 0 Å². The Balaban J connectivity index is 1.85. The summed E-state index contributed by atoms with van der Waals surface area (Å²) >= 11 is 0. The van der Waals surface area contributed by atoms with E-state index in [1.165, 1.54) is 30.4 Å². The number of rotatable bonds is 1. The summed E-state index contributed by atoms with van der Waals surface area (Å²) in [5.41, 5.74) is 3.69. The van der Waals surface area contributed by atoms with Gasteiger partial charge in [0.2, 0.25) is 0 Å². The van der Waals surface area contributed by atoms with Crippen molar-refractivity contribution in [1.29, 1.82) is 0 Å². The van der Waals surface area contributed by atoms with Crippen LogP contribution in [-0.2, 0) is 5.41 Å². The molecule has 0 radical (unpaired) electrons. The van der Waals surface area contributed by atoms with Gasteiger partial charge in [-0.1, -0.05) is 49.6 Å². The lowest BCUT2D eigenvalue weighted by molar-refractivity contribution is 0.269. The van der Waals surface area contributed by atoms with Crippen molar-refractivity contribution in [3.63, 3.8) is 0 Å². The standard InChI is InChI=1S/C19H20FN/c20-15-9-10-17-16(13-15)19(11-5-2-6-12-19)18(21-17)14-7-3-1-4-8-14/h1,3-4,7-10,13,18,21H,2,5-6,11-12H2/t18-/m1/s1. The Labute approximate surface area is 125 Å². The monoisotopic (exact) mass is 281 g/mol. The molecule has 1 spiro atoms. The van der Waals surface area contributed by atoms with Crippen molar-refractivity contribution >= 4 is 5.69 Å². The first kappa shape index (κ1) is 12.9. The van der Waals surface area contributed by atoms with Crippen LogP contribution in [0.3, 0.4) is 0 Å². The number of nitrogens with one attached hydrogen (secondary N) is 1. The maximum Gasteiger partial charge on any atom is 0.123 e. The third kappa shape index (κ3) is 1.97. The summed E-state index contributed by atoms with van der Waals surface area (Å²) < 4.78 is 13.8. The molecule has 1 aliphatic carbocycles. The number of fused-ring (bicyclic) bond motifs is 2. The van der Waals surface area contributed by atoms with E-state index < -0.39 is 0 Å². The van der Waals surface area contributed by atoms with Gasteiger partial charge in [-0.2, -0.15) is 0 Å². The van der Waals surface area contributed by atoms with Gasteiger partial charge in [0.25, 0.3) is 0 Å². The topological polar surface area (TPSA) is 12.0 Å². The average Bonchev–Trinajstić information content (AvgIpc) is 2.83. The summed E-state index contributed by atoms with van der Waals surface area (Å²) in [4.78, 5) is 0. The first-order valence-electron chi connectivity index (χ1n) is 7.91. The third-order valence-corrected chi connectivity index (χ3v) is 5.25. The Morgan fingerprint density at radius 3 is 2.48 bits per heavy atom. The fourth-order valence-corrected chi connectivity index (χ4v) is 4.29. The molecule has 2 heteroatoms. The van der Waals surface area contributed by atoms with Crippen molar-refractivity contribution in [3.8, 4) is 0 Å². The zero-order valence-electron chi connectivity index (χ0n) is 12.1. The molecule has 4 rings (SSSR count). The largest absolute Gasteiger partial charge is 0.377 e. The van der Waals surface area contributed by atoms with E-state index in [4.69, 9.17) is 0 Å². The Bertz CT molecular complexity index is 644. The van der Waals surface area contributed by atoms with Crippen molar-refractivity contribution in [3.05, 3.63) is 65.5 Å². The van der Waals surface area contributed by atoms with Gasteiger partial charge < -0.3 is 5.32 Å². The van der Waals surface area contributed by atoms with Crippen molar-refractivity contribution in [2.75, 3.05) is 5.32 Å². The first-order valence-corrected chi connectivity index (χ1v) is 7.91. The quantitative estimate of drug-likeness (QED) is 0.758. The second kappa shape index (κ2) is 4.87. The molecule has 1 atom stereocenters. The number of benzene rings is 2. The van der Waals surface area contributed by atoms with Gasteiger partial charge in [-0.05, 0) is 42.2 Å². The predicted molar refractivity (Wildman–Crippen MR) is 84.0 cm³/mol. The van der Waals surface area contributed by atoms with Crippen LogP contribution >= 0.6 is 0 Å². The molecule has 0 saturated heterocycles. The van der Waals surface area contributed by atoms with Crippen molar-refractivity contribution < 1.29 is 4.39 Å². The van der Waals surface area contributed by atoms with Gasteiger partial charge in [0.05, 0.1) is 6.04 Å². The van der Waals surface area contributed by atoms with Crippen LogP contribution in [0, 0.1) is 5.82 Å². The van der Waals surface area contributed by atoms with Gasteiger partial charge in [-0.15, -0.1) is 0 Å². The van der Waals surface area contributed by atoms with Crippen LogP contribution in [-0.4, -0.2) is 0 Å². The molecule has 0 unspecified atom stereocenters. The van der Waals surface area contributed by atoms with Crippen LogP contribution in [0.5, 0.6) is 0 Å². The predicted octanol–water partition coefficient (Wildman–Crippen LogP) is 5.19. The van der Waals surface area contributed by atoms with E-state index in [-0.39, 0.29) is 17.3 Å². The maximum atomic E-state index is 13.8. The molecule has 1 saturated carbocycles. The van der Waals surface area contributed by atoms with E-state index in [2.05, 4.69) is 35.6 Å². The molecule has 1 N–H and O–H groups in total. The molecular weight excluding hydrogens is 261 g/mol. The Morgan fingerprint density at radius 1 is 0.952 bits per heavy atom. The molecule has 1 nitrogen and oxygen atoms in total. The molecule has 0 aromatic heterocycles. The molecule has 2 aromatic carbocycles. The molecule has 1 heterocycles. The van der Waals surface area contributed by atoms with E-state index in [0.717, 1.165) is 18.5 Å². The van der Waals surface area contributed by atoms with Gasteiger partial charge in [0.1, 0.15) is 5.82 Å². The van der Waals surface area contributed by atoms with Crippen molar-refractivity contribution in [1.82, 2.24) is 0 Å². The lowest BCUT2D eigenvalue weighted by atomic mass is 9.65. The van der Waals surface area contributed by atoms with Crippen LogP contribution in [0.4, 0.5) is 10.1 Å². The van der Waals surface area contributed by atoms with E-state index in [0.29, 0.717) is 0 Å². The number of anilines is 1. The highest BCUT2D eigenvalue weighted by Crippen LogP contribution is 2.56. The third-order valence-electron chi connectivity index (χ3n) is 5.25. The van der Waals surface area contributed by atoms with Crippen molar-refractivity contribution in [2.24, 2.45) is 0 Å². The Kier molecular flexibility index (Phi) is 2.99. The van der Waals surface area contributed by atoms with Gasteiger partial charge >= 0.3 is 0 Å². The molecule has 21 heavy (non-hydrogen) atoms. The summed E-state index contributed by atoms with van der Waals surface area (Å²) in [5.74, 6) is -0.116. The number of hydrogen-bond acceptors (Lipinski definition) is 1. The highest BCUT2D eigenvalue weighted by Gasteiger charge is 2.47. The normalized spacial score (nSPS) is 22.8. The fraction of sp³-hybridized carbons (Fsp3) is 0.368. The van der Waals surface area contributed by atoms with Gasteiger partial charge in [0, 0.05) is 11.1 Å². The smallest absolute Gasteiger partial charge is 0.123 e. The Morgan fingerprint density at radius 2 is 1.71 bits per heavy atom. The second-order valence-corrected chi connectivity index (χ2v) is 6.39. The summed E-state index contributed by atoms with van der Waals surface area (Å²) in [5, 5.41) is 3.67. The zero-order valence-corrected chi connectivity index (χ0v) is 12.1. The van der Waals surface area contributed by atoms with E-state index in [1.807, 2.05) is 6.07 Å². The minimum absolute atomic E-state index is 0.0665. The summed E-state index contributed by atoms with van der Waals surface area (Å²) in [6, 6.07) is 16.1. The Hall–Kier alpha value is -1.83. The SMILES string of the molecule is Fc1ccc2c(c1)C1(CCCCC1)[C@@H](c1ccccc1)N2.